The first-order chi connectivity index (χ1) is 9.72. The van der Waals surface area contributed by atoms with Crippen molar-refractivity contribution in [1.82, 2.24) is 9.97 Å². The molecule has 1 aliphatic rings. The minimum Gasteiger partial charge on any atom is -0.434 e. The number of nitrogen functional groups attached to an aromatic ring is 1. The number of pyridine rings is 1. The maximum Gasteiger partial charge on any atom is 0.232 e. The van der Waals surface area contributed by atoms with Gasteiger partial charge in [0.15, 0.2) is 11.2 Å². The third kappa shape index (κ3) is 1.73. The summed E-state index contributed by atoms with van der Waals surface area (Å²) in [5.41, 5.74) is 10.9. The van der Waals surface area contributed by atoms with Gasteiger partial charge in [-0.15, -0.1) is 11.3 Å². The Kier molecular flexibility index (Phi) is 2.57. The fourth-order valence-corrected chi connectivity index (χ4v) is 3.99. The molecule has 3 heterocycles. The Labute approximate surface area is 120 Å². The number of anilines is 1. The number of fused-ring (bicyclic) bond motifs is 2. The summed E-state index contributed by atoms with van der Waals surface area (Å²) in [5, 5.41) is 0.820. The number of rotatable bonds is 1. The molecule has 0 unspecified atom stereocenters. The number of aromatic nitrogens is 2. The molecule has 20 heavy (non-hydrogen) atoms. The van der Waals surface area contributed by atoms with E-state index in [2.05, 4.69) is 9.97 Å². The molecule has 0 fully saturated rings. The first kappa shape index (κ1) is 11.9. The van der Waals surface area contributed by atoms with E-state index in [1.54, 1.807) is 11.3 Å². The predicted octanol–water partition coefficient (Wildman–Crippen LogP) is 3.72. The van der Waals surface area contributed by atoms with Gasteiger partial charge in [0, 0.05) is 10.6 Å². The van der Waals surface area contributed by atoms with Crippen molar-refractivity contribution in [3.05, 3.63) is 28.3 Å². The number of oxazole rings is 1. The number of thiophene rings is 1. The molecular formula is C15H15N3OS. The van der Waals surface area contributed by atoms with Crippen LogP contribution in [0.2, 0.25) is 0 Å². The van der Waals surface area contributed by atoms with Gasteiger partial charge in [0.1, 0.15) is 0 Å². The lowest BCUT2D eigenvalue weighted by Gasteiger charge is -2.10. The second-order valence-corrected chi connectivity index (χ2v) is 6.38. The second kappa shape index (κ2) is 4.31. The molecule has 0 saturated carbocycles. The van der Waals surface area contributed by atoms with Gasteiger partial charge in [-0.05, 0) is 50.3 Å². The molecule has 3 aromatic rings. The van der Waals surface area contributed by atoms with E-state index in [1.165, 1.54) is 23.3 Å². The van der Waals surface area contributed by atoms with Crippen LogP contribution in [0.1, 0.15) is 29.0 Å². The Morgan fingerprint density at radius 3 is 2.95 bits per heavy atom. The van der Waals surface area contributed by atoms with Crippen molar-refractivity contribution in [2.45, 2.75) is 32.6 Å². The molecular weight excluding hydrogens is 270 g/mol. The summed E-state index contributed by atoms with van der Waals surface area (Å²) in [7, 11) is 0. The van der Waals surface area contributed by atoms with Gasteiger partial charge in [-0.3, -0.25) is 0 Å². The Morgan fingerprint density at radius 2 is 2.05 bits per heavy atom. The summed E-state index contributed by atoms with van der Waals surface area (Å²) in [6.45, 7) is 1.95. The van der Waals surface area contributed by atoms with Crippen molar-refractivity contribution >= 4 is 27.6 Å². The monoisotopic (exact) mass is 285 g/mol. The lowest BCUT2D eigenvalue weighted by molar-refractivity contribution is 0.616. The van der Waals surface area contributed by atoms with E-state index in [4.69, 9.17) is 10.2 Å². The van der Waals surface area contributed by atoms with Crippen molar-refractivity contribution in [3.63, 3.8) is 0 Å². The Morgan fingerprint density at radius 1 is 1.20 bits per heavy atom. The van der Waals surface area contributed by atoms with Crippen molar-refractivity contribution < 1.29 is 4.42 Å². The zero-order valence-electron chi connectivity index (χ0n) is 11.3. The van der Waals surface area contributed by atoms with Crippen LogP contribution in [0.25, 0.3) is 22.7 Å². The zero-order chi connectivity index (χ0) is 13.7. The Bertz CT molecular complexity index is 803. The average Bonchev–Trinajstić information content (AvgIpc) is 2.97. The molecule has 5 heteroatoms. The van der Waals surface area contributed by atoms with E-state index >= 15 is 0 Å². The van der Waals surface area contributed by atoms with E-state index in [0.717, 1.165) is 34.7 Å². The molecule has 0 radical (unpaired) electrons. The largest absolute Gasteiger partial charge is 0.434 e. The van der Waals surface area contributed by atoms with Crippen molar-refractivity contribution in [1.29, 1.82) is 0 Å². The van der Waals surface area contributed by atoms with E-state index in [-0.39, 0.29) is 0 Å². The number of nitrogens with two attached hydrogens (primary N) is 1. The number of nitrogens with zero attached hydrogens (tertiary/aromatic N) is 2. The minimum atomic E-state index is 0.620. The lowest BCUT2D eigenvalue weighted by atomic mass is 9.95. The van der Waals surface area contributed by atoms with Crippen LogP contribution in [-0.2, 0) is 12.8 Å². The summed E-state index contributed by atoms with van der Waals surface area (Å²) in [6, 6.07) is 3.85. The van der Waals surface area contributed by atoms with Crippen LogP contribution < -0.4 is 5.73 Å². The van der Waals surface area contributed by atoms with Gasteiger partial charge >= 0.3 is 0 Å². The molecule has 102 valence electrons. The highest BCUT2D eigenvalue weighted by atomic mass is 32.1. The summed E-state index contributed by atoms with van der Waals surface area (Å²) in [6.07, 6.45) is 4.67. The van der Waals surface area contributed by atoms with Crippen molar-refractivity contribution in [2.24, 2.45) is 0 Å². The predicted molar refractivity (Wildman–Crippen MR) is 80.9 cm³/mol. The topological polar surface area (TPSA) is 64.9 Å². The van der Waals surface area contributed by atoms with Crippen molar-refractivity contribution in [2.75, 3.05) is 5.73 Å². The standard InChI is InChI=1S/C15H15N3OS/c1-8-6-7-10-14(17-8)18-15(19-10)12-9-4-2-3-5-11(9)20-13(12)16/h6-7H,2-5,16H2,1H3. The molecule has 0 aliphatic heterocycles. The molecule has 0 bridgehead atoms. The molecule has 0 atom stereocenters. The molecule has 4 rings (SSSR count). The van der Waals surface area contributed by atoms with Crippen molar-refractivity contribution in [3.8, 4) is 11.5 Å². The van der Waals surface area contributed by atoms with E-state index < -0.39 is 0 Å². The Hall–Kier alpha value is -1.88. The third-order valence-electron chi connectivity index (χ3n) is 3.81. The second-order valence-electron chi connectivity index (χ2n) is 5.24. The van der Waals surface area contributed by atoms with E-state index in [0.29, 0.717) is 11.5 Å². The highest BCUT2D eigenvalue weighted by Gasteiger charge is 2.24. The SMILES string of the molecule is Cc1ccc2oc(-c3c(N)sc4c3CCCC4)nc2n1. The van der Waals surface area contributed by atoms with E-state index in [1.807, 2.05) is 19.1 Å². The number of hydrogen-bond acceptors (Lipinski definition) is 5. The molecule has 0 aromatic carbocycles. The van der Waals surface area contributed by atoms with Crippen LogP contribution in [0.4, 0.5) is 5.00 Å². The summed E-state index contributed by atoms with van der Waals surface area (Å²) < 4.78 is 5.87. The molecule has 3 aromatic heterocycles. The van der Waals surface area contributed by atoms with Crippen LogP contribution in [0, 0.1) is 6.92 Å². The molecule has 4 nitrogen and oxygen atoms in total. The van der Waals surface area contributed by atoms with E-state index in [9.17, 15) is 0 Å². The molecule has 0 amide bonds. The van der Waals surface area contributed by atoms with Gasteiger partial charge in [-0.2, -0.15) is 4.98 Å². The maximum atomic E-state index is 6.20. The number of aryl methyl sites for hydroxylation is 2. The number of hydrogen-bond donors (Lipinski definition) is 1. The fourth-order valence-electron chi connectivity index (χ4n) is 2.84. The normalized spacial score (nSPS) is 14.7. The molecule has 2 N–H and O–H groups in total. The van der Waals surface area contributed by atoms with Gasteiger partial charge < -0.3 is 10.2 Å². The van der Waals surface area contributed by atoms with Crippen LogP contribution in [0.15, 0.2) is 16.5 Å². The summed E-state index contributed by atoms with van der Waals surface area (Å²) in [4.78, 5) is 10.3. The van der Waals surface area contributed by atoms with Crippen LogP contribution in [0.3, 0.4) is 0 Å². The van der Waals surface area contributed by atoms with Gasteiger partial charge in [-0.1, -0.05) is 0 Å². The average molecular weight is 285 g/mol. The van der Waals surface area contributed by atoms with Gasteiger partial charge in [0.05, 0.1) is 10.6 Å². The summed E-state index contributed by atoms with van der Waals surface area (Å²) in [5.74, 6) is 0.620. The van der Waals surface area contributed by atoms with Crippen LogP contribution >= 0.6 is 11.3 Å². The first-order valence-electron chi connectivity index (χ1n) is 6.87. The zero-order valence-corrected chi connectivity index (χ0v) is 12.1. The highest BCUT2D eigenvalue weighted by molar-refractivity contribution is 7.16. The van der Waals surface area contributed by atoms with Gasteiger partial charge in [0.25, 0.3) is 0 Å². The molecule has 1 aliphatic carbocycles. The van der Waals surface area contributed by atoms with Crippen LogP contribution in [-0.4, -0.2) is 9.97 Å². The first-order valence-corrected chi connectivity index (χ1v) is 7.68. The highest BCUT2D eigenvalue weighted by Crippen LogP contribution is 2.42. The van der Waals surface area contributed by atoms with Gasteiger partial charge in [-0.25, -0.2) is 4.98 Å². The minimum absolute atomic E-state index is 0.620. The smallest absolute Gasteiger partial charge is 0.232 e. The lowest BCUT2D eigenvalue weighted by Crippen LogP contribution is -1.99. The summed E-state index contributed by atoms with van der Waals surface area (Å²) >= 11 is 1.68. The molecule has 0 spiro atoms. The third-order valence-corrected chi connectivity index (χ3v) is 4.93. The molecule has 0 saturated heterocycles. The quantitative estimate of drug-likeness (QED) is 0.740. The Balaban J connectivity index is 1.92. The van der Waals surface area contributed by atoms with Gasteiger partial charge in [0.2, 0.25) is 5.89 Å². The van der Waals surface area contributed by atoms with Crippen LogP contribution in [0.5, 0.6) is 0 Å². The fraction of sp³-hybridized carbons (Fsp3) is 0.333. The maximum absolute atomic E-state index is 6.20.